The SMILES string of the molecule is Cc1ccc(OCC(=O)NCc2cc(C)n(C3CC3)c2C)cc1. The topological polar surface area (TPSA) is 43.3 Å². The van der Waals surface area contributed by atoms with Gasteiger partial charge < -0.3 is 14.6 Å². The zero-order valence-electron chi connectivity index (χ0n) is 14.1. The fourth-order valence-corrected chi connectivity index (χ4v) is 2.95. The predicted octanol–water partition coefficient (Wildman–Crippen LogP) is 3.44. The highest BCUT2D eigenvalue weighted by molar-refractivity contribution is 5.77. The molecule has 0 saturated heterocycles. The summed E-state index contributed by atoms with van der Waals surface area (Å²) in [6, 6.07) is 10.6. The number of hydrogen-bond donors (Lipinski definition) is 1. The fourth-order valence-electron chi connectivity index (χ4n) is 2.95. The lowest BCUT2D eigenvalue weighted by molar-refractivity contribution is -0.123. The quantitative estimate of drug-likeness (QED) is 0.888. The molecule has 1 aliphatic carbocycles. The normalized spacial score (nSPS) is 13.9. The van der Waals surface area contributed by atoms with Crippen molar-refractivity contribution in [3.8, 4) is 5.75 Å². The third kappa shape index (κ3) is 3.76. The first-order valence-electron chi connectivity index (χ1n) is 8.18. The van der Waals surface area contributed by atoms with Crippen molar-refractivity contribution in [3.63, 3.8) is 0 Å². The summed E-state index contributed by atoms with van der Waals surface area (Å²) < 4.78 is 7.89. The second-order valence-electron chi connectivity index (χ2n) is 6.38. The summed E-state index contributed by atoms with van der Waals surface area (Å²) in [5.41, 5.74) is 4.92. The Morgan fingerprint density at radius 2 is 1.91 bits per heavy atom. The molecule has 1 aromatic heterocycles. The number of benzene rings is 1. The van der Waals surface area contributed by atoms with E-state index in [2.05, 4.69) is 29.8 Å². The Labute approximate surface area is 137 Å². The molecule has 1 aromatic carbocycles. The van der Waals surface area contributed by atoms with Gasteiger partial charge in [-0.2, -0.15) is 0 Å². The summed E-state index contributed by atoms with van der Waals surface area (Å²) in [5.74, 6) is 0.625. The highest BCUT2D eigenvalue weighted by atomic mass is 16.5. The second kappa shape index (κ2) is 6.49. The summed E-state index contributed by atoms with van der Waals surface area (Å²) in [4.78, 5) is 12.0. The Balaban J connectivity index is 1.51. The lowest BCUT2D eigenvalue weighted by Gasteiger charge is -2.09. The van der Waals surface area contributed by atoms with E-state index < -0.39 is 0 Å². The van der Waals surface area contributed by atoms with Crippen molar-refractivity contribution in [1.29, 1.82) is 0 Å². The molecule has 122 valence electrons. The highest BCUT2D eigenvalue weighted by Gasteiger charge is 2.26. The zero-order valence-corrected chi connectivity index (χ0v) is 14.1. The van der Waals surface area contributed by atoms with Gasteiger partial charge in [0.15, 0.2) is 6.61 Å². The molecule has 0 bridgehead atoms. The molecule has 1 heterocycles. The van der Waals surface area contributed by atoms with E-state index in [1.54, 1.807) is 0 Å². The van der Waals surface area contributed by atoms with Crippen molar-refractivity contribution < 1.29 is 9.53 Å². The number of carbonyl (C=O) groups excluding carboxylic acids is 1. The summed E-state index contributed by atoms with van der Waals surface area (Å²) >= 11 is 0. The minimum absolute atomic E-state index is 0.0461. The van der Waals surface area contributed by atoms with Gasteiger partial charge in [0, 0.05) is 24.0 Å². The van der Waals surface area contributed by atoms with E-state index in [-0.39, 0.29) is 12.5 Å². The lowest BCUT2D eigenvalue weighted by atomic mass is 10.2. The molecule has 0 unspecified atom stereocenters. The van der Waals surface area contributed by atoms with E-state index in [4.69, 9.17) is 4.74 Å². The van der Waals surface area contributed by atoms with E-state index in [1.807, 2.05) is 31.2 Å². The molecule has 4 nitrogen and oxygen atoms in total. The van der Waals surface area contributed by atoms with E-state index >= 15 is 0 Å². The van der Waals surface area contributed by atoms with Gasteiger partial charge in [0.25, 0.3) is 5.91 Å². The van der Waals surface area contributed by atoms with Crippen LogP contribution in [-0.2, 0) is 11.3 Å². The van der Waals surface area contributed by atoms with Crippen molar-refractivity contribution in [2.75, 3.05) is 6.61 Å². The van der Waals surface area contributed by atoms with Gasteiger partial charge in [-0.25, -0.2) is 0 Å². The molecule has 1 amide bonds. The third-order valence-corrected chi connectivity index (χ3v) is 4.37. The molecular formula is C19H24N2O2. The highest BCUT2D eigenvalue weighted by Crippen LogP contribution is 2.38. The van der Waals surface area contributed by atoms with Gasteiger partial charge in [0.1, 0.15) is 5.75 Å². The van der Waals surface area contributed by atoms with E-state index in [1.165, 1.54) is 35.4 Å². The minimum atomic E-state index is -0.0956. The van der Waals surface area contributed by atoms with Gasteiger partial charge in [0.2, 0.25) is 0 Å². The van der Waals surface area contributed by atoms with E-state index in [9.17, 15) is 4.79 Å². The number of ether oxygens (including phenoxy) is 1. The first-order valence-corrected chi connectivity index (χ1v) is 8.18. The third-order valence-electron chi connectivity index (χ3n) is 4.37. The monoisotopic (exact) mass is 312 g/mol. The van der Waals surface area contributed by atoms with Gasteiger partial charge >= 0.3 is 0 Å². The van der Waals surface area contributed by atoms with Crippen LogP contribution >= 0.6 is 0 Å². The molecule has 3 rings (SSSR count). The molecular weight excluding hydrogens is 288 g/mol. The fraction of sp³-hybridized carbons (Fsp3) is 0.421. The number of carbonyl (C=O) groups is 1. The van der Waals surface area contributed by atoms with Crippen LogP contribution in [0.15, 0.2) is 30.3 Å². The molecule has 1 fully saturated rings. The van der Waals surface area contributed by atoms with Crippen LogP contribution in [0.1, 0.15) is 41.4 Å². The maximum atomic E-state index is 12.0. The van der Waals surface area contributed by atoms with Crippen molar-refractivity contribution in [2.24, 2.45) is 0 Å². The van der Waals surface area contributed by atoms with Crippen molar-refractivity contribution in [1.82, 2.24) is 9.88 Å². The molecule has 0 radical (unpaired) electrons. The molecule has 0 spiro atoms. The number of rotatable bonds is 6. The Morgan fingerprint density at radius 1 is 1.22 bits per heavy atom. The van der Waals surface area contributed by atoms with Crippen LogP contribution in [0.2, 0.25) is 0 Å². The smallest absolute Gasteiger partial charge is 0.258 e. The van der Waals surface area contributed by atoms with Crippen molar-refractivity contribution in [3.05, 3.63) is 52.8 Å². The predicted molar refractivity (Wildman–Crippen MR) is 90.7 cm³/mol. The number of hydrogen-bond acceptors (Lipinski definition) is 2. The van der Waals surface area contributed by atoms with Crippen LogP contribution in [0.3, 0.4) is 0 Å². The summed E-state index contributed by atoms with van der Waals surface area (Å²) in [6.07, 6.45) is 2.54. The summed E-state index contributed by atoms with van der Waals surface area (Å²) in [7, 11) is 0. The number of amides is 1. The van der Waals surface area contributed by atoms with E-state index in [0.29, 0.717) is 12.6 Å². The number of aromatic nitrogens is 1. The van der Waals surface area contributed by atoms with Gasteiger partial charge in [0.05, 0.1) is 0 Å². The average Bonchev–Trinajstić information content (AvgIpc) is 3.31. The first kappa shape index (κ1) is 15.7. The maximum Gasteiger partial charge on any atom is 0.258 e. The second-order valence-corrected chi connectivity index (χ2v) is 6.38. The van der Waals surface area contributed by atoms with Gasteiger partial charge in [-0.3, -0.25) is 4.79 Å². The number of aryl methyl sites for hydroxylation is 2. The van der Waals surface area contributed by atoms with Crippen LogP contribution in [-0.4, -0.2) is 17.1 Å². The Kier molecular flexibility index (Phi) is 4.42. The summed E-state index contributed by atoms with van der Waals surface area (Å²) in [5, 5.41) is 2.94. The number of nitrogens with zero attached hydrogens (tertiary/aromatic N) is 1. The summed E-state index contributed by atoms with van der Waals surface area (Å²) in [6.45, 7) is 6.90. The van der Waals surface area contributed by atoms with Crippen LogP contribution < -0.4 is 10.1 Å². The van der Waals surface area contributed by atoms with Crippen LogP contribution in [0.4, 0.5) is 0 Å². The molecule has 1 aliphatic rings. The largest absolute Gasteiger partial charge is 0.484 e. The van der Waals surface area contributed by atoms with Crippen LogP contribution in [0, 0.1) is 20.8 Å². The van der Waals surface area contributed by atoms with Crippen LogP contribution in [0.5, 0.6) is 5.75 Å². The maximum absolute atomic E-state index is 12.0. The van der Waals surface area contributed by atoms with E-state index in [0.717, 1.165) is 5.75 Å². The van der Waals surface area contributed by atoms with Gasteiger partial charge in [-0.1, -0.05) is 17.7 Å². The molecule has 4 heteroatoms. The standard InChI is InChI=1S/C19H24N2O2/c1-13-4-8-18(9-5-13)23-12-19(22)20-11-16-10-14(2)21(15(16)3)17-6-7-17/h4-5,8-10,17H,6-7,11-12H2,1-3H3,(H,20,22). The van der Waals surface area contributed by atoms with Gasteiger partial charge in [-0.05, 0) is 57.4 Å². The Bertz CT molecular complexity index is 697. The molecule has 2 aromatic rings. The van der Waals surface area contributed by atoms with Crippen molar-refractivity contribution >= 4 is 5.91 Å². The zero-order chi connectivity index (χ0) is 16.4. The molecule has 0 atom stereocenters. The van der Waals surface area contributed by atoms with Crippen molar-refractivity contribution in [2.45, 2.75) is 46.2 Å². The molecule has 0 aliphatic heterocycles. The molecule has 1 N–H and O–H groups in total. The minimum Gasteiger partial charge on any atom is -0.484 e. The Hall–Kier alpha value is -2.23. The first-order chi connectivity index (χ1) is 11.0. The van der Waals surface area contributed by atoms with Crippen LogP contribution in [0.25, 0.3) is 0 Å². The molecule has 1 saturated carbocycles. The lowest BCUT2D eigenvalue weighted by Crippen LogP contribution is -2.28. The number of nitrogens with one attached hydrogen (secondary N) is 1. The molecule has 23 heavy (non-hydrogen) atoms. The average molecular weight is 312 g/mol. The Morgan fingerprint density at radius 3 is 2.57 bits per heavy atom. The van der Waals surface area contributed by atoms with Gasteiger partial charge in [-0.15, -0.1) is 0 Å².